The molecule has 0 bridgehead atoms. The summed E-state index contributed by atoms with van der Waals surface area (Å²) in [5.74, 6) is 2.16. The molecule has 0 amide bonds. The molecule has 0 radical (unpaired) electrons. The second kappa shape index (κ2) is 6.39. The Morgan fingerprint density at radius 3 is 2.95 bits per heavy atom. The lowest BCUT2D eigenvalue weighted by Crippen LogP contribution is -2.34. The van der Waals surface area contributed by atoms with Gasteiger partial charge in [0.15, 0.2) is 5.82 Å². The molecule has 0 spiro atoms. The van der Waals surface area contributed by atoms with Crippen molar-refractivity contribution < 1.29 is 0 Å². The molecule has 6 nitrogen and oxygen atoms in total. The Morgan fingerprint density at radius 1 is 1.29 bits per heavy atom. The number of unbranched alkanes of at least 4 members (excludes halogenated alkanes) is 3. The molecule has 1 N–H and O–H groups in total. The first kappa shape index (κ1) is 14.3. The third-order valence-electron chi connectivity index (χ3n) is 4.11. The Balaban J connectivity index is 1.75. The maximum atomic E-state index is 4.44. The predicted octanol–water partition coefficient (Wildman–Crippen LogP) is 1.83. The first-order valence-corrected chi connectivity index (χ1v) is 7.93. The van der Waals surface area contributed by atoms with Crippen molar-refractivity contribution in [2.45, 2.75) is 51.6 Å². The van der Waals surface area contributed by atoms with Crippen LogP contribution in [-0.2, 0) is 20.0 Å². The third kappa shape index (κ3) is 3.00. The molecule has 0 aromatic carbocycles. The molecule has 1 aliphatic rings. The van der Waals surface area contributed by atoms with Gasteiger partial charge in [-0.1, -0.05) is 26.2 Å². The summed E-state index contributed by atoms with van der Waals surface area (Å²) < 4.78 is 4.12. The number of hydrogen-bond donors (Lipinski definition) is 1. The van der Waals surface area contributed by atoms with Crippen LogP contribution in [0.4, 0.5) is 0 Å². The van der Waals surface area contributed by atoms with E-state index in [1.54, 1.807) is 0 Å². The van der Waals surface area contributed by atoms with Crippen LogP contribution < -0.4 is 5.32 Å². The smallest absolute Gasteiger partial charge is 0.154 e. The van der Waals surface area contributed by atoms with Crippen molar-refractivity contribution in [1.29, 1.82) is 0 Å². The average Bonchev–Trinajstić information content (AvgIpc) is 3.10. The standard InChI is InChI=1S/C15H24N6/c1-3-4-5-6-7-13-18-19-15-14(16-8-9-21(13)15)12-10-17-20(2)11-12/h10-11,14,16H,3-9H2,1-2H3. The van der Waals surface area contributed by atoms with Crippen LogP contribution in [0.5, 0.6) is 0 Å². The Hall–Kier alpha value is -1.69. The van der Waals surface area contributed by atoms with Gasteiger partial charge in [-0.05, 0) is 6.42 Å². The lowest BCUT2D eigenvalue weighted by atomic mass is 10.1. The highest BCUT2D eigenvalue weighted by Gasteiger charge is 2.26. The summed E-state index contributed by atoms with van der Waals surface area (Å²) in [6.45, 7) is 4.15. The average molecular weight is 288 g/mol. The zero-order chi connectivity index (χ0) is 14.7. The highest BCUT2D eigenvalue weighted by molar-refractivity contribution is 5.21. The van der Waals surface area contributed by atoms with Gasteiger partial charge in [0, 0.05) is 38.3 Å². The number of fused-ring (bicyclic) bond motifs is 1. The summed E-state index contributed by atoms with van der Waals surface area (Å²) in [6.07, 6.45) is 10.0. The number of hydrogen-bond acceptors (Lipinski definition) is 4. The Labute approximate surface area is 125 Å². The van der Waals surface area contributed by atoms with Crippen LogP contribution in [0.2, 0.25) is 0 Å². The number of rotatable bonds is 6. The fourth-order valence-corrected chi connectivity index (χ4v) is 2.97. The largest absolute Gasteiger partial charge is 0.312 e. The van der Waals surface area contributed by atoms with E-state index in [4.69, 9.17) is 0 Å². The first-order chi connectivity index (χ1) is 10.3. The first-order valence-electron chi connectivity index (χ1n) is 7.93. The highest BCUT2D eigenvalue weighted by Crippen LogP contribution is 2.24. The second-order valence-corrected chi connectivity index (χ2v) is 5.77. The molecule has 0 aliphatic carbocycles. The van der Waals surface area contributed by atoms with E-state index in [0.29, 0.717) is 0 Å². The van der Waals surface area contributed by atoms with Crippen molar-refractivity contribution >= 4 is 0 Å². The van der Waals surface area contributed by atoms with E-state index in [-0.39, 0.29) is 6.04 Å². The number of nitrogens with one attached hydrogen (secondary N) is 1. The molecular formula is C15H24N6. The molecular weight excluding hydrogens is 264 g/mol. The lowest BCUT2D eigenvalue weighted by Gasteiger charge is -2.24. The van der Waals surface area contributed by atoms with Gasteiger partial charge in [0.05, 0.1) is 12.2 Å². The van der Waals surface area contributed by atoms with Gasteiger partial charge >= 0.3 is 0 Å². The summed E-state index contributed by atoms with van der Waals surface area (Å²) in [5, 5.41) is 16.6. The SMILES string of the molecule is CCCCCCc1nnc2n1CCNC2c1cnn(C)c1. The maximum absolute atomic E-state index is 4.44. The third-order valence-corrected chi connectivity index (χ3v) is 4.11. The van der Waals surface area contributed by atoms with E-state index in [2.05, 4.69) is 32.1 Å². The summed E-state index contributed by atoms with van der Waals surface area (Å²) in [6, 6.07) is 0.115. The number of nitrogens with zero attached hydrogens (tertiary/aromatic N) is 5. The van der Waals surface area contributed by atoms with Crippen molar-refractivity contribution in [1.82, 2.24) is 29.9 Å². The number of aryl methyl sites for hydroxylation is 2. The zero-order valence-electron chi connectivity index (χ0n) is 12.9. The highest BCUT2D eigenvalue weighted by atomic mass is 15.3. The number of aromatic nitrogens is 5. The van der Waals surface area contributed by atoms with Crippen LogP contribution in [0.1, 0.15) is 55.9 Å². The van der Waals surface area contributed by atoms with Crippen molar-refractivity contribution in [3.8, 4) is 0 Å². The summed E-state index contributed by atoms with van der Waals surface area (Å²) >= 11 is 0. The Kier molecular flexibility index (Phi) is 4.34. The van der Waals surface area contributed by atoms with Crippen LogP contribution in [0.25, 0.3) is 0 Å². The molecule has 3 heterocycles. The predicted molar refractivity (Wildman–Crippen MR) is 80.9 cm³/mol. The topological polar surface area (TPSA) is 60.6 Å². The minimum absolute atomic E-state index is 0.115. The molecule has 6 heteroatoms. The van der Waals surface area contributed by atoms with Gasteiger partial charge in [-0.15, -0.1) is 10.2 Å². The molecule has 0 saturated heterocycles. The van der Waals surface area contributed by atoms with Gasteiger partial charge in [0.25, 0.3) is 0 Å². The molecule has 3 rings (SSSR count). The van der Waals surface area contributed by atoms with Crippen LogP contribution in [0.3, 0.4) is 0 Å². The molecule has 21 heavy (non-hydrogen) atoms. The fourth-order valence-electron chi connectivity index (χ4n) is 2.97. The maximum Gasteiger partial charge on any atom is 0.154 e. The molecule has 2 aromatic rings. The zero-order valence-corrected chi connectivity index (χ0v) is 12.9. The molecule has 1 atom stereocenters. The van der Waals surface area contributed by atoms with Crippen molar-refractivity contribution in [3.05, 3.63) is 29.6 Å². The van der Waals surface area contributed by atoms with Crippen molar-refractivity contribution in [3.63, 3.8) is 0 Å². The second-order valence-electron chi connectivity index (χ2n) is 5.77. The minimum Gasteiger partial charge on any atom is -0.312 e. The molecule has 0 fully saturated rings. The van der Waals surface area contributed by atoms with Crippen LogP contribution in [0.15, 0.2) is 12.4 Å². The van der Waals surface area contributed by atoms with Crippen molar-refractivity contribution in [2.24, 2.45) is 7.05 Å². The van der Waals surface area contributed by atoms with Crippen LogP contribution in [-0.4, -0.2) is 31.1 Å². The lowest BCUT2D eigenvalue weighted by molar-refractivity contribution is 0.445. The van der Waals surface area contributed by atoms with Crippen molar-refractivity contribution in [2.75, 3.05) is 6.54 Å². The van der Waals surface area contributed by atoms with Gasteiger partial charge in [0.2, 0.25) is 0 Å². The minimum atomic E-state index is 0.115. The summed E-state index contributed by atoms with van der Waals surface area (Å²) in [7, 11) is 1.94. The fraction of sp³-hybridized carbons (Fsp3) is 0.667. The molecule has 1 aliphatic heterocycles. The van der Waals surface area contributed by atoms with Gasteiger partial charge in [-0.25, -0.2) is 0 Å². The van der Waals surface area contributed by atoms with E-state index in [9.17, 15) is 0 Å². The summed E-state index contributed by atoms with van der Waals surface area (Å²) in [4.78, 5) is 0. The van der Waals surface area contributed by atoms with Crippen LogP contribution >= 0.6 is 0 Å². The van der Waals surface area contributed by atoms with Gasteiger partial charge < -0.3 is 9.88 Å². The van der Waals surface area contributed by atoms with Gasteiger partial charge in [-0.2, -0.15) is 5.10 Å². The van der Waals surface area contributed by atoms with E-state index < -0.39 is 0 Å². The molecule has 2 aromatic heterocycles. The van der Waals surface area contributed by atoms with E-state index in [1.165, 1.54) is 25.7 Å². The summed E-state index contributed by atoms with van der Waals surface area (Å²) in [5.41, 5.74) is 1.16. The van der Waals surface area contributed by atoms with E-state index in [1.807, 2.05) is 24.1 Å². The Morgan fingerprint density at radius 2 is 2.19 bits per heavy atom. The van der Waals surface area contributed by atoms with Gasteiger partial charge in [-0.3, -0.25) is 4.68 Å². The Bertz CT molecular complexity index is 585. The molecule has 114 valence electrons. The van der Waals surface area contributed by atoms with Crippen LogP contribution in [0, 0.1) is 0 Å². The van der Waals surface area contributed by atoms with E-state index in [0.717, 1.165) is 36.7 Å². The quantitative estimate of drug-likeness (QED) is 0.824. The normalized spacial score (nSPS) is 17.9. The molecule has 1 unspecified atom stereocenters. The monoisotopic (exact) mass is 288 g/mol. The van der Waals surface area contributed by atoms with E-state index >= 15 is 0 Å². The molecule has 0 saturated carbocycles. The van der Waals surface area contributed by atoms with Gasteiger partial charge in [0.1, 0.15) is 5.82 Å².